The van der Waals surface area contributed by atoms with E-state index in [1.165, 1.54) is 0 Å². The third-order valence-corrected chi connectivity index (χ3v) is 3.12. The van der Waals surface area contributed by atoms with Crippen LogP contribution in [0.25, 0.3) is 0 Å². The van der Waals surface area contributed by atoms with E-state index in [-0.39, 0.29) is 0 Å². The summed E-state index contributed by atoms with van der Waals surface area (Å²) >= 11 is 3.38. The van der Waals surface area contributed by atoms with Crippen LogP contribution in [0.3, 0.4) is 0 Å². The van der Waals surface area contributed by atoms with Gasteiger partial charge in [0, 0.05) is 10.9 Å². The molecule has 0 saturated carbocycles. The summed E-state index contributed by atoms with van der Waals surface area (Å²) < 4.78 is 6.01. The minimum Gasteiger partial charge on any atom is -0.472 e. The molecule has 16 heavy (non-hydrogen) atoms. The minimum absolute atomic E-state index is 0.547. The average Bonchev–Trinajstić information content (AvgIpc) is 2.70. The number of halogens is 1. The summed E-state index contributed by atoms with van der Waals surface area (Å²) in [6.07, 6.45) is 3.82. The van der Waals surface area contributed by atoms with Crippen LogP contribution < -0.4 is 0 Å². The van der Waals surface area contributed by atoms with Gasteiger partial charge >= 0.3 is 0 Å². The highest BCUT2D eigenvalue weighted by atomic mass is 79.9. The number of furan rings is 1. The van der Waals surface area contributed by atoms with E-state index in [0.29, 0.717) is 6.42 Å². The van der Waals surface area contributed by atoms with Crippen molar-refractivity contribution in [3.63, 3.8) is 0 Å². The van der Waals surface area contributed by atoms with Crippen molar-refractivity contribution in [2.24, 2.45) is 0 Å². The molecular formula is C13H13BrO2. The second-order valence-corrected chi connectivity index (χ2v) is 5.00. The molecule has 1 atom stereocenters. The first kappa shape index (κ1) is 11.4. The molecule has 0 fully saturated rings. The van der Waals surface area contributed by atoms with Crippen LogP contribution in [0.5, 0.6) is 0 Å². The quantitative estimate of drug-likeness (QED) is 0.934. The molecule has 2 nitrogen and oxygen atoms in total. The lowest BCUT2D eigenvalue weighted by Crippen LogP contribution is -2.23. The van der Waals surface area contributed by atoms with Crippen LogP contribution in [-0.4, -0.2) is 5.11 Å². The fourth-order valence-electron chi connectivity index (χ4n) is 1.70. The topological polar surface area (TPSA) is 33.4 Å². The Balaban J connectivity index is 2.21. The van der Waals surface area contributed by atoms with E-state index in [4.69, 9.17) is 4.42 Å². The number of aliphatic hydroxyl groups is 1. The third kappa shape index (κ3) is 2.54. The van der Waals surface area contributed by atoms with Gasteiger partial charge in [0.15, 0.2) is 0 Å². The molecule has 1 aromatic heterocycles. The van der Waals surface area contributed by atoms with Gasteiger partial charge in [0.1, 0.15) is 0 Å². The zero-order valence-corrected chi connectivity index (χ0v) is 10.6. The van der Waals surface area contributed by atoms with Gasteiger partial charge in [0.25, 0.3) is 0 Å². The summed E-state index contributed by atoms with van der Waals surface area (Å²) in [7, 11) is 0. The van der Waals surface area contributed by atoms with Crippen LogP contribution in [-0.2, 0) is 12.0 Å². The third-order valence-electron chi connectivity index (χ3n) is 2.59. The molecular weight excluding hydrogens is 268 g/mol. The van der Waals surface area contributed by atoms with Gasteiger partial charge in [-0.05, 0) is 36.2 Å². The summed E-state index contributed by atoms with van der Waals surface area (Å²) in [4.78, 5) is 0. The van der Waals surface area contributed by atoms with Gasteiger partial charge in [-0.25, -0.2) is 0 Å². The van der Waals surface area contributed by atoms with Crippen LogP contribution in [0.1, 0.15) is 18.1 Å². The second-order valence-electron chi connectivity index (χ2n) is 4.09. The lowest BCUT2D eigenvalue weighted by Gasteiger charge is -2.23. The smallest absolute Gasteiger partial charge is 0.0935 e. The van der Waals surface area contributed by atoms with E-state index in [1.807, 2.05) is 37.3 Å². The lowest BCUT2D eigenvalue weighted by molar-refractivity contribution is 0.0574. The maximum absolute atomic E-state index is 10.4. The van der Waals surface area contributed by atoms with Crippen molar-refractivity contribution in [2.75, 3.05) is 0 Å². The molecule has 0 radical (unpaired) electrons. The van der Waals surface area contributed by atoms with Gasteiger partial charge < -0.3 is 9.52 Å². The van der Waals surface area contributed by atoms with Crippen molar-refractivity contribution in [2.45, 2.75) is 18.9 Å². The molecule has 1 heterocycles. The predicted octanol–water partition coefficient (Wildman–Crippen LogP) is 3.49. The number of hydrogen-bond acceptors (Lipinski definition) is 2. The van der Waals surface area contributed by atoms with Crippen LogP contribution in [0.4, 0.5) is 0 Å². The first-order valence-electron chi connectivity index (χ1n) is 5.07. The first-order chi connectivity index (χ1) is 7.58. The Labute approximate surface area is 103 Å². The molecule has 0 spiro atoms. The molecule has 84 valence electrons. The Morgan fingerprint density at radius 3 is 2.50 bits per heavy atom. The van der Waals surface area contributed by atoms with E-state index in [1.54, 1.807) is 12.5 Å². The maximum atomic E-state index is 10.4. The Hall–Kier alpha value is -1.06. The molecule has 1 N–H and O–H groups in total. The molecule has 0 bridgehead atoms. The standard InChI is InChI=1S/C13H13BrO2/c1-13(15,8-10-6-7-16-9-10)11-2-4-12(14)5-3-11/h2-7,9,15H,8H2,1H3. The monoisotopic (exact) mass is 280 g/mol. The zero-order valence-electron chi connectivity index (χ0n) is 8.98. The van der Waals surface area contributed by atoms with E-state index >= 15 is 0 Å². The molecule has 1 unspecified atom stereocenters. The average molecular weight is 281 g/mol. The fraction of sp³-hybridized carbons (Fsp3) is 0.231. The van der Waals surface area contributed by atoms with Crippen molar-refractivity contribution in [3.05, 3.63) is 58.5 Å². The summed E-state index contributed by atoms with van der Waals surface area (Å²) in [6.45, 7) is 1.81. The Bertz CT molecular complexity index is 443. The number of rotatable bonds is 3. The maximum Gasteiger partial charge on any atom is 0.0935 e. The molecule has 0 saturated heterocycles. The van der Waals surface area contributed by atoms with Crippen molar-refractivity contribution in [1.29, 1.82) is 0 Å². The van der Waals surface area contributed by atoms with Crippen LogP contribution in [0.2, 0.25) is 0 Å². The van der Waals surface area contributed by atoms with Crippen molar-refractivity contribution < 1.29 is 9.52 Å². The van der Waals surface area contributed by atoms with E-state index in [2.05, 4.69) is 15.9 Å². The minimum atomic E-state index is -0.870. The molecule has 1 aromatic carbocycles. The highest BCUT2D eigenvalue weighted by molar-refractivity contribution is 9.10. The number of benzene rings is 1. The van der Waals surface area contributed by atoms with Crippen LogP contribution in [0.15, 0.2) is 51.7 Å². The molecule has 0 aliphatic carbocycles. The van der Waals surface area contributed by atoms with Gasteiger partial charge in [0.2, 0.25) is 0 Å². The van der Waals surface area contributed by atoms with E-state index < -0.39 is 5.60 Å². The predicted molar refractivity (Wildman–Crippen MR) is 66.1 cm³/mol. The first-order valence-corrected chi connectivity index (χ1v) is 5.87. The van der Waals surface area contributed by atoms with Crippen LogP contribution in [0, 0.1) is 0 Å². The van der Waals surface area contributed by atoms with Crippen LogP contribution >= 0.6 is 15.9 Å². The van der Waals surface area contributed by atoms with Crippen molar-refractivity contribution >= 4 is 15.9 Å². The van der Waals surface area contributed by atoms with Gasteiger partial charge in [-0.15, -0.1) is 0 Å². The molecule has 0 aliphatic heterocycles. The number of hydrogen-bond donors (Lipinski definition) is 1. The SMILES string of the molecule is CC(O)(Cc1ccoc1)c1ccc(Br)cc1. The normalized spacial score (nSPS) is 14.7. The zero-order chi connectivity index (χ0) is 11.6. The fourth-order valence-corrected chi connectivity index (χ4v) is 1.97. The second kappa shape index (κ2) is 4.44. The highest BCUT2D eigenvalue weighted by Crippen LogP contribution is 2.26. The highest BCUT2D eigenvalue weighted by Gasteiger charge is 2.23. The molecule has 0 aliphatic rings. The Morgan fingerprint density at radius 1 is 1.25 bits per heavy atom. The van der Waals surface area contributed by atoms with Gasteiger partial charge in [0.05, 0.1) is 18.1 Å². The molecule has 2 rings (SSSR count). The Morgan fingerprint density at radius 2 is 1.94 bits per heavy atom. The largest absolute Gasteiger partial charge is 0.472 e. The Kier molecular flexibility index (Phi) is 3.17. The van der Waals surface area contributed by atoms with Crippen molar-refractivity contribution in [1.82, 2.24) is 0 Å². The molecule has 3 heteroatoms. The summed E-state index contributed by atoms with van der Waals surface area (Å²) in [5.74, 6) is 0. The van der Waals surface area contributed by atoms with E-state index in [0.717, 1.165) is 15.6 Å². The summed E-state index contributed by atoms with van der Waals surface area (Å²) in [5, 5.41) is 10.4. The molecule has 2 aromatic rings. The van der Waals surface area contributed by atoms with Crippen molar-refractivity contribution in [3.8, 4) is 0 Å². The lowest BCUT2D eigenvalue weighted by atomic mass is 9.90. The van der Waals surface area contributed by atoms with Gasteiger partial charge in [-0.2, -0.15) is 0 Å². The van der Waals surface area contributed by atoms with Gasteiger partial charge in [-0.1, -0.05) is 28.1 Å². The van der Waals surface area contributed by atoms with E-state index in [9.17, 15) is 5.11 Å². The summed E-state index contributed by atoms with van der Waals surface area (Å²) in [5.41, 5.74) is 1.02. The van der Waals surface area contributed by atoms with Gasteiger partial charge in [-0.3, -0.25) is 0 Å². The molecule has 0 amide bonds. The summed E-state index contributed by atoms with van der Waals surface area (Å²) in [6, 6.07) is 9.57.